The number of sulfonamides is 1. The Bertz CT molecular complexity index is 457. The second-order valence-corrected chi connectivity index (χ2v) is 6.13. The van der Waals surface area contributed by atoms with Crippen LogP contribution in [-0.4, -0.2) is 20.8 Å². The van der Waals surface area contributed by atoms with Gasteiger partial charge in [-0.15, -0.1) is 0 Å². The molecule has 18 heavy (non-hydrogen) atoms. The molecule has 0 aliphatic carbocycles. The van der Waals surface area contributed by atoms with Crippen molar-refractivity contribution in [3.63, 3.8) is 0 Å². The van der Waals surface area contributed by atoms with Crippen LogP contribution in [0.2, 0.25) is 0 Å². The van der Waals surface area contributed by atoms with Gasteiger partial charge in [-0.25, -0.2) is 13.6 Å². The standard InChI is InChI=1S/C13H21NO3S/c1-12-8-4-5-9-13(12)17-10-6-2-3-7-11-18(14,15)16/h4-5,8-9H,2-3,6-7,10-11H2,1H3,(H2,14,15,16). The Labute approximate surface area is 109 Å². The van der Waals surface area contributed by atoms with Gasteiger partial charge in [0.25, 0.3) is 0 Å². The number of rotatable bonds is 8. The molecule has 0 spiro atoms. The van der Waals surface area contributed by atoms with Crippen LogP contribution in [0.4, 0.5) is 0 Å². The molecule has 0 radical (unpaired) electrons. The average Bonchev–Trinajstić information content (AvgIpc) is 2.28. The molecule has 0 saturated carbocycles. The summed E-state index contributed by atoms with van der Waals surface area (Å²) in [5, 5.41) is 4.92. The lowest BCUT2D eigenvalue weighted by molar-refractivity contribution is 0.303. The maximum atomic E-state index is 10.7. The minimum absolute atomic E-state index is 0.0751. The largest absolute Gasteiger partial charge is 0.493 e. The quantitative estimate of drug-likeness (QED) is 0.737. The summed E-state index contributed by atoms with van der Waals surface area (Å²) in [7, 11) is -3.30. The Morgan fingerprint density at radius 2 is 1.78 bits per heavy atom. The Kier molecular flexibility index (Phi) is 6.15. The number of aryl methyl sites for hydroxylation is 1. The lowest BCUT2D eigenvalue weighted by Crippen LogP contribution is -2.16. The molecule has 0 aliphatic rings. The minimum atomic E-state index is -3.30. The highest BCUT2D eigenvalue weighted by molar-refractivity contribution is 7.89. The molecule has 0 saturated heterocycles. The summed E-state index contributed by atoms with van der Waals surface area (Å²) in [6.07, 6.45) is 3.39. The van der Waals surface area contributed by atoms with E-state index in [9.17, 15) is 8.42 Å². The van der Waals surface area contributed by atoms with Crippen molar-refractivity contribution in [3.05, 3.63) is 29.8 Å². The fraction of sp³-hybridized carbons (Fsp3) is 0.538. The van der Waals surface area contributed by atoms with Gasteiger partial charge in [0.1, 0.15) is 5.75 Å². The normalized spacial score (nSPS) is 11.4. The van der Waals surface area contributed by atoms with E-state index in [0.717, 1.165) is 30.6 Å². The first-order valence-electron chi connectivity index (χ1n) is 6.18. The number of primary sulfonamides is 1. The van der Waals surface area contributed by atoms with Crippen molar-refractivity contribution in [1.82, 2.24) is 0 Å². The molecule has 5 heteroatoms. The van der Waals surface area contributed by atoms with Gasteiger partial charge in [-0.1, -0.05) is 31.0 Å². The number of ether oxygens (including phenoxy) is 1. The first-order chi connectivity index (χ1) is 8.49. The highest BCUT2D eigenvalue weighted by Crippen LogP contribution is 2.16. The van der Waals surface area contributed by atoms with Gasteiger partial charge in [-0.05, 0) is 31.4 Å². The third-order valence-electron chi connectivity index (χ3n) is 2.67. The molecule has 0 unspecified atom stereocenters. The van der Waals surface area contributed by atoms with Gasteiger partial charge in [0, 0.05) is 0 Å². The van der Waals surface area contributed by atoms with Crippen molar-refractivity contribution < 1.29 is 13.2 Å². The fourth-order valence-corrected chi connectivity index (χ4v) is 2.27. The number of benzene rings is 1. The van der Waals surface area contributed by atoms with Crippen molar-refractivity contribution in [2.24, 2.45) is 5.14 Å². The smallest absolute Gasteiger partial charge is 0.209 e. The van der Waals surface area contributed by atoms with Crippen LogP contribution in [0.15, 0.2) is 24.3 Å². The zero-order chi connectivity index (χ0) is 13.4. The van der Waals surface area contributed by atoms with Crippen molar-refractivity contribution in [2.75, 3.05) is 12.4 Å². The SMILES string of the molecule is Cc1ccccc1OCCCCCCS(N)(=O)=O. The molecule has 102 valence electrons. The fourth-order valence-electron chi connectivity index (χ4n) is 1.66. The monoisotopic (exact) mass is 271 g/mol. The molecule has 0 bridgehead atoms. The highest BCUT2D eigenvalue weighted by Gasteiger charge is 2.01. The molecule has 0 atom stereocenters. The van der Waals surface area contributed by atoms with E-state index in [1.54, 1.807) is 0 Å². The van der Waals surface area contributed by atoms with Crippen molar-refractivity contribution in [1.29, 1.82) is 0 Å². The van der Waals surface area contributed by atoms with Gasteiger partial charge in [0.05, 0.1) is 12.4 Å². The molecular weight excluding hydrogens is 250 g/mol. The lowest BCUT2D eigenvalue weighted by Gasteiger charge is -2.08. The molecule has 1 aromatic carbocycles. The van der Waals surface area contributed by atoms with Gasteiger partial charge in [0.15, 0.2) is 0 Å². The van der Waals surface area contributed by atoms with E-state index >= 15 is 0 Å². The zero-order valence-corrected chi connectivity index (χ0v) is 11.6. The summed E-state index contributed by atoms with van der Waals surface area (Å²) in [6.45, 7) is 2.68. The lowest BCUT2D eigenvalue weighted by atomic mass is 10.2. The van der Waals surface area contributed by atoms with Crippen LogP contribution in [0.25, 0.3) is 0 Å². The summed E-state index contributed by atoms with van der Waals surface area (Å²) in [4.78, 5) is 0. The Morgan fingerprint density at radius 1 is 1.11 bits per heavy atom. The molecule has 0 aliphatic heterocycles. The van der Waals surface area contributed by atoms with Crippen molar-refractivity contribution in [3.8, 4) is 5.75 Å². The van der Waals surface area contributed by atoms with Crippen LogP contribution in [0.5, 0.6) is 5.75 Å². The molecule has 2 N–H and O–H groups in total. The Morgan fingerprint density at radius 3 is 2.44 bits per heavy atom. The van der Waals surface area contributed by atoms with Crippen molar-refractivity contribution in [2.45, 2.75) is 32.6 Å². The predicted molar refractivity (Wildman–Crippen MR) is 73.1 cm³/mol. The molecule has 0 fully saturated rings. The Balaban J connectivity index is 2.08. The predicted octanol–water partition coefficient (Wildman–Crippen LogP) is 2.22. The third kappa shape index (κ3) is 6.61. The van der Waals surface area contributed by atoms with Gasteiger partial charge < -0.3 is 4.74 Å². The zero-order valence-electron chi connectivity index (χ0n) is 10.8. The number of hydrogen-bond acceptors (Lipinski definition) is 3. The molecule has 1 rings (SSSR count). The highest BCUT2D eigenvalue weighted by atomic mass is 32.2. The second kappa shape index (κ2) is 7.38. The van der Waals surface area contributed by atoms with Crippen LogP contribution in [0.1, 0.15) is 31.2 Å². The average molecular weight is 271 g/mol. The third-order valence-corrected chi connectivity index (χ3v) is 3.53. The van der Waals surface area contributed by atoms with E-state index < -0.39 is 10.0 Å². The number of hydrogen-bond donors (Lipinski definition) is 1. The second-order valence-electron chi connectivity index (χ2n) is 4.40. The van der Waals surface area contributed by atoms with E-state index in [0.29, 0.717) is 13.0 Å². The van der Waals surface area contributed by atoms with Crippen LogP contribution in [0.3, 0.4) is 0 Å². The first-order valence-corrected chi connectivity index (χ1v) is 7.89. The molecule has 0 aromatic heterocycles. The number of para-hydroxylation sites is 1. The first kappa shape index (κ1) is 15.0. The van der Waals surface area contributed by atoms with E-state index in [-0.39, 0.29) is 5.75 Å². The summed E-state index contributed by atoms with van der Waals surface area (Å²) < 4.78 is 27.0. The van der Waals surface area contributed by atoms with Crippen LogP contribution >= 0.6 is 0 Å². The molecule has 1 aromatic rings. The maximum Gasteiger partial charge on any atom is 0.209 e. The summed E-state index contributed by atoms with van der Waals surface area (Å²) in [5.74, 6) is 0.994. The Hall–Kier alpha value is -1.07. The molecule has 0 amide bonds. The van der Waals surface area contributed by atoms with E-state index in [1.165, 1.54) is 0 Å². The van der Waals surface area contributed by atoms with Crippen LogP contribution < -0.4 is 9.88 Å². The van der Waals surface area contributed by atoms with Gasteiger partial charge in [0.2, 0.25) is 10.0 Å². The molecule has 4 nitrogen and oxygen atoms in total. The van der Waals surface area contributed by atoms with Crippen LogP contribution in [0, 0.1) is 6.92 Å². The van der Waals surface area contributed by atoms with Gasteiger partial charge in [-0.2, -0.15) is 0 Å². The van der Waals surface area contributed by atoms with Gasteiger partial charge in [-0.3, -0.25) is 0 Å². The molecule has 0 heterocycles. The van der Waals surface area contributed by atoms with E-state index in [2.05, 4.69) is 0 Å². The summed E-state index contributed by atoms with van der Waals surface area (Å²) in [5.41, 5.74) is 1.13. The number of nitrogens with two attached hydrogens (primary N) is 1. The molecular formula is C13H21NO3S. The van der Waals surface area contributed by atoms with Crippen LogP contribution in [-0.2, 0) is 10.0 Å². The number of unbranched alkanes of at least 4 members (excludes halogenated alkanes) is 3. The topological polar surface area (TPSA) is 69.4 Å². The maximum absolute atomic E-state index is 10.7. The van der Waals surface area contributed by atoms with E-state index in [1.807, 2.05) is 31.2 Å². The summed E-state index contributed by atoms with van der Waals surface area (Å²) in [6, 6.07) is 7.90. The summed E-state index contributed by atoms with van der Waals surface area (Å²) >= 11 is 0. The minimum Gasteiger partial charge on any atom is -0.493 e. The van der Waals surface area contributed by atoms with E-state index in [4.69, 9.17) is 9.88 Å². The van der Waals surface area contributed by atoms with Crippen molar-refractivity contribution >= 4 is 10.0 Å². The van der Waals surface area contributed by atoms with Gasteiger partial charge >= 0.3 is 0 Å².